The molecule has 12 heavy (non-hydrogen) atoms. The van der Waals surface area contributed by atoms with Gasteiger partial charge in [-0.05, 0) is 37.1 Å². The lowest BCUT2D eigenvalue weighted by molar-refractivity contribution is 0.158. The summed E-state index contributed by atoms with van der Waals surface area (Å²) in [7, 11) is 0. The van der Waals surface area contributed by atoms with Crippen molar-refractivity contribution < 1.29 is 5.11 Å². The van der Waals surface area contributed by atoms with Gasteiger partial charge in [0.1, 0.15) is 0 Å². The van der Waals surface area contributed by atoms with Gasteiger partial charge in [0.25, 0.3) is 0 Å². The second-order valence-corrected chi connectivity index (χ2v) is 4.07. The van der Waals surface area contributed by atoms with Gasteiger partial charge in [-0.3, -0.25) is 0 Å². The lowest BCUT2D eigenvalue weighted by atomic mass is 10.1. The Hall–Kier alpha value is -0.340. The highest BCUT2D eigenvalue weighted by atomic mass is 32.1. The van der Waals surface area contributed by atoms with Gasteiger partial charge in [-0.15, -0.1) is 11.3 Å². The molecule has 1 aromatic rings. The van der Waals surface area contributed by atoms with Gasteiger partial charge >= 0.3 is 0 Å². The Kier molecular flexibility index (Phi) is 4.33. The number of aliphatic hydroxyl groups excluding tert-OH is 1. The van der Waals surface area contributed by atoms with E-state index in [-0.39, 0.29) is 6.10 Å². The summed E-state index contributed by atoms with van der Waals surface area (Å²) < 4.78 is 0. The molecule has 0 saturated carbocycles. The standard InChI is InChI=1S/C10H16OS/c1-2-9(11)5-3-6-10-7-4-8-12-10/h4,7-9,11H,2-3,5-6H2,1H3. The van der Waals surface area contributed by atoms with Crippen molar-refractivity contribution >= 4 is 11.3 Å². The molecular weight excluding hydrogens is 168 g/mol. The Morgan fingerprint density at radius 1 is 1.58 bits per heavy atom. The van der Waals surface area contributed by atoms with E-state index in [1.807, 2.05) is 6.92 Å². The van der Waals surface area contributed by atoms with Crippen molar-refractivity contribution in [2.45, 2.75) is 38.7 Å². The average molecular weight is 184 g/mol. The minimum absolute atomic E-state index is 0.0926. The molecule has 0 spiro atoms. The summed E-state index contributed by atoms with van der Waals surface area (Å²) in [6, 6.07) is 4.24. The molecular formula is C10H16OS. The molecule has 0 fully saturated rings. The lowest BCUT2D eigenvalue weighted by Crippen LogP contribution is -2.03. The van der Waals surface area contributed by atoms with E-state index in [4.69, 9.17) is 0 Å². The normalized spacial score (nSPS) is 13.2. The average Bonchev–Trinajstić information content (AvgIpc) is 2.57. The smallest absolute Gasteiger partial charge is 0.0537 e. The van der Waals surface area contributed by atoms with E-state index in [0.717, 1.165) is 25.7 Å². The molecule has 1 rings (SSSR count). The third-order valence-corrected chi connectivity index (χ3v) is 2.95. The van der Waals surface area contributed by atoms with E-state index in [1.54, 1.807) is 11.3 Å². The molecule has 0 amide bonds. The summed E-state index contributed by atoms with van der Waals surface area (Å²) >= 11 is 1.80. The highest BCUT2D eigenvalue weighted by Gasteiger charge is 2.00. The zero-order valence-electron chi connectivity index (χ0n) is 7.49. The number of thiophene rings is 1. The maximum Gasteiger partial charge on any atom is 0.0537 e. The minimum atomic E-state index is -0.0926. The maximum absolute atomic E-state index is 9.29. The van der Waals surface area contributed by atoms with Crippen LogP contribution in [0.2, 0.25) is 0 Å². The Bertz CT molecular complexity index is 194. The molecule has 1 N–H and O–H groups in total. The van der Waals surface area contributed by atoms with Crippen LogP contribution in [0.25, 0.3) is 0 Å². The van der Waals surface area contributed by atoms with E-state index in [2.05, 4.69) is 17.5 Å². The summed E-state index contributed by atoms with van der Waals surface area (Å²) in [5, 5.41) is 11.4. The van der Waals surface area contributed by atoms with Gasteiger partial charge < -0.3 is 5.11 Å². The second-order valence-electron chi connectivity index (χ2n) is 3.03. The molecule has 68 valence electrons. The molecule has 1 nitrogen and oxygen atoms in total. The summed E-state index contributed by atoms with van der Waals surface area (Å²) in [6.45, 7) is 2.02. The molecule has 1 unspecified atom stereocenters. The number of hydrogen-bond acceptors (Lipinski definition) is 2. The van der Waals surface area contributed by atoms with Crippen LogP contribution in [0.5, 0.6) is 0 Å². The zero-order chi connectivity index (χ0) is 8.81. The topological polar surface area (TPSA) is 20.2 Å². The molecule has 0 aliphatic heterocycles. The highest BCUT2D eigenvalue weighted by molar-refractivity contribution is 7.09. The summed E-state index contributed by atoms with van der Waals surface area (Å²) in [5.74, 6) is 0. The Morgan fingerprint density at radius 2 is 2.42 bits per heavy atom. The Balaban J connectivity index is 2.11. The lowest BCUT2D eigenvalue weighted by Gasteiger charge is -2.05. The number of rotatable bonds is 5. The van der Waals surface area contributed by atoms with Crippen LogP contribution in [0.4, 0.5) is 0 Å². The van der Waals surface area contributed by atoms with Crippen molar-refractivity contribution in [3.05, 3.63) is 22.4 Å². The maximum atomic E-state index is 9.29. The third kappa shape index (κ3) is 3.37. The molecule has 0 aliphatic rings. The minimum Gasteiger partial charge on any atom is -0.393 e. The fraction of sp³-hybridized carbons (Fsp3) is 0.600. The zero-order valence-corrected chi connectivity index (χ0v) is 8.31. The summed E-state index contributed by atoms with van der Waals surface area (Å²) in [4.78, 5) is 1.43. The molecule has 0 bridgehead atoms. The third-order valence-electron chi connectivity index (χ3n) is 2.01. The second kappa shape index (κ2) is 5.33. The van der Waals surface area contributed by atoms with Crippen LogP contribution < -0.4 is 0 Å². The molecule has 2 heteroatoms. The first-order valence-corrected chi connectivity index (χ1v) is 5.41. The van der Waals surface area contributed by atoms with E-state index < -0.39 is 0 Å². The molecule has 1 atom stereocenters. The van der Waals surface area contributed by atoms with E-state index in [9.17, 15) is 5.11 Å². The van der Waals surface area contributed by atoms with Gasteiger partial charge in [-0.1, -0.05) is 13.0 Å². The predicted molar refractivity (Wildman–Crippen MR) is 53.6 cm³/mol. The van der Waals surface area contributed by atoms with Crippen LogP contribution in [0.15, 0.2) is 17.5 Å². The van der Waals surface area contributed by atoms with E-state index in [1.165, 1.54) is 4.88 Å². The summed E-state index contributed by atoms with van der Waals surface area (Å²) in [6.07, 6.45) is 3.95. The molecule has 1 heterocycles. The first-order chi connectivity index (χ1) is 5.83. The largest absolute Gasteiger partial charge is 0.393 e. The first-order valence-electron chi connectivity index (χ1n) is 4.53. The van der Waals surface area contributed by atoms with Crippen LogP contribution in [-0.2, 0) is 6.42 Å². The van der Waals surface area contributed by atoms with E-state index >= 15 is 0 Å². The number of hydrogen-bond donors (Lipinski definition) is 1. The monoisotopic (exact) mass is 184 g/mol. The molecule has 0 aromatic carbocycles. The Labute approximate surface area is 78.1 Å². The summed E-state index contributed by atoms with van der Waals surface area (Å²) in [5.41, 5.74) is 0. The van der Waals surface area contributed by atoms with Gasteiger partial charge in [-0.2, -0.15) is 0 Å². The van der Waals surface area contributed by atoms with Crippen LogP contribution in [-0.4, -0.2) is 11.2 Å². The van der Waals surface area contributed by atoms with Crippen molar-refractivity contribution in [1.82, 2.24) is 0 Å². The highest BCUT2D eigenvalue weighted by Crippen LogP contribution is 2.13. The Morgan fingerprint density at radius 3 is 3.00 bits per heavy atom. The van der Waals surface area contributed by atoms with Crippen molar-refractivity contribution in [3.8, 4) is 0 Å². The van der Waals surface area contributed by atoms with Crippen molar-refractivity contribution in [1.29, 1.82) is 0 Å². The predicted octanol–water partition coefficient (Wildman–Crippen LogP) is 2.84. The first kappa shape index (κ1) is 9.75. The molecule has 1 aromatic heterocycles. The fourth-order valence-electron chi connectivity index (χ4n) is 1.17. The molecule has 0 aliphatic carbocycles. The van der Waals surface area contributed by atoms with Crippen molar-refractivity contribution in [2.75, 3.05) is 0 Å². The van der Waals surface area contributed by atoms with Gasteiger partial charge in [0, 0.05) is 4.88 Å². The molecule has 0 saturated heterocycles. The number of aliphatic hydroxyl groups is 1. The number of aryl methyl sites for hydroxylation is 1. The van der Waals surface area contributed by atoms with Crippen molar-refractivity contribution in [2.24, 2.45) is 0 Å². The SMILES string of the molecule is CCC(O)CCCc1cccs1. The van der Waals surface area contributed by atoms with Crippen LogP contribution in [0.1, 0.15) is 31.1 Å². The van der Waals surface area contributed by atoms with Crippen LogP contribution in [0, 0.1) is 0 Å². The van der Waals surface area contributed by atoms with Gasteiger partial charge in [0.2, 0.25) is 0 Å². The van der Waals surface area contributed by atoms with Gasteiger partial charge in [0.05, 0.1) is 6.10 Å². The van der Waals surface area contributed by atoms with E-state index in [0.29, 0.717) is 0 Å². The van der Waals surface area contributed by atoms with Crippen LogP contribution >= 0.6 is 11.3 Å². The fourth-order valence-corrected chi connectivity index (χ4v) is 1.92. The van der Waals surface area contributed by atoms with Gasteiger partial charge in [-0.25, -0.2) is 0 Å². The van der Waals surface area contributed by atoms with Gasteiger partial charge in [0.15, 0.2) is 0 Å². The van der Waals surface area contributed by atoms with Crippen LogP contribution in [0.3, 0.4) is 0 Å². The molecule has 0 radical (unpaired) electrons. The quantitative estimate of drug-likeness (QED) is 0.746. The van der Waals surface area contributed by atoms with Crippen molar-refractivity contribution in [3.63, 3.8) is 0 Å².